The first-order valence-corrected chi connectivity index (χ1v) is 17.8. The van der Waals surface area contributed by atoms with Crippen molar-refractivity contribution in [2.24, 2.45) is 5.73 Å². The molecule has 0 saturated heterocycles. The smallest absolute Gasteiger partial charge is 0.253 e. The number of hydrogen-bond acceptors (Lipinski definition) is 7. The Balaban J connectivity index is 1.98. The van der Waals surface area contributed by atoms with E-state index >= 15 is 0 Å². The Kier molecular flexibility index (Phi) is 14.8. The number of hydrazine groups is 1. The van der Waals surface area contributed by atoms with Crippen molar-refractivity contribution in [3.05, 3.63) is 101 Å². The summed E-state index contributed by atoms with van der Waals surface area (Å²) in [5.41, 5.74) is 5.53. The Morgan fingerprint density at radius 2 is 1.43 bits per heavy atom. The van der Waals surface area contributed by atoms with Crippen LogP contribution in [0.2, 0.25) is 0 Å². The van der Waals surface area contributed by atoms with Crippen molar-refractivity contribution in [3.63, 3.8) is 0 Å². The molecule has 14 heteroatoms. The minimum absolute atomic E-state index is 0.00204. The molecule has 5 N–H and O–H groups in total. The first-order valence-electron chi connectivity index (χ1n) is 16.3. The summed E-state index contributed by atoms with van der Waals surface area (Å²) >= 11 is 0. The molecule has 49 heavy (non-hydrogen) atoms. The number of nitrogens with one attached hydrogen (secondary N) is 2. The van der Waals surface area contributed by atoms with Crippen LogP contribution in [0.25, 0.3) is 0 Å². The molecular formula is C35H45F2N5O6S. The fraction of sp³-hybridized carbons (Fsp3) is 0.400. The van der Waals surface area contributed by atoms with E-state index in [-0.39, 0.29) is 46.7 Å². The van der Waals surface area contributed by atoms with Gasteiger partial charge in [0.05, 0.1) is 17.0 Å². The van der Waals surface area contributed by atoms with Crippen LogP contribution in [0.4, 0.5) is 8.78 Å². The van der Waals surface area contributed by atoms with Crippen molar-refractivity contribution in [1.29, 1.82) is 0 Å². The standard InChI is InChI=1S/C35H45F2N5O6S/c1-4-7-15-42(40-49(47,48)30-11-9-8-10-12-30)23-32(43)31(18-24-16-28(36)22-29(37)17-24)39-34(45)26-19-25(33(38)44)20-27(21-26)35(46)41(13-5-2)14-6-3/h8-12,16-17,19-22,31-32,40,43H,4-7,13-15,18,23H2,1-3H3,(H2,38,44)(H,39,45). The van der Waals surface area contributed by atoms with E-state index in [1.807, 2.05) is 20.8 Å². The summed E-state index contributed by atoms with van der Waals surface area (Å²) in [6.07, 6.45) is 0.900. The molecule has 0 bridgehead atoms. The lowest BCUT2D eigenvalue weighted by molar-refractivity contribution is 0.0614. The highest BCUT2D eigenvalue weighted by Gasteiger charge is 2.28. The molecule has 11 nitrogen and oxygen atoms in total. The summed E-state index contributed by atoms with van der Waals surface area (Å²) in [6, 6.07) is 13.1. The van der Waals surface area contributed by atoms with Gasteiger partial charge < -0.3 is 21.1 Å². The molecule has 2 atom stereocenters. The minimum Gasteiger partial charge on any atom is -0.390 e. The molecule has 0 heterocycles. The zero-order chi connectivity index (χ0) is 36.1. The number of hydrogen-bond donors (Lipinski definition) is 4. The number of aliphatic hydroxyl groups is 1. The summed E-state index contributed by atoms with van der Waals surface area (Å²) in [7, 11) is -4.04. The van der Waals surface area contributed by atoms with E-state index in [0.29, 0.717) is 44.8 Å². The fourth-order valence-corrected chi connectivity index (χ4v) is 6.40. The number of amides is 3. The second-order valence-corrected chi connectivity index (χ2v) is 13.5. The van der Waals surface area contributed by atoms with Gasteiger partial charge in [0.1, 0.15) is 11.6 Å². The Labute approximate surface area is 286 Å². The van der Waals surface area contributed by atoms with Crippen molar-refractivity contribution in [2.75, 3.05) is 26.2 Å². The number of carbonyl (C=O) groups is 3. The third kappa shape index (κ3) is 11.7. The molecule has 0 aliphatic heterocycles. The maximum atomic E-state index is 14.2. The molecule has 0 aliphatic rings. The lowest BCUT2D eigenvalue weighted by Crippen LogP contribution is -2.53. The molecule has 3 amide bonds. The number of sulfonamides is 1. The van der Waals surface area contributed by atoms with Gasteiger partial charge in [0.25, 0.3) is 21.8 Å². The molecule has 0 aromatic heterocycles. The molecule has 0 spiro atoms. The minimum atomic E-state index is -4.04. The Morgan fingerprint density at radius 1 is 0.837 bits per heavy atom. The van der Waals surface area contributed by atoms with Crippen LogP contribution >= 0.6 is 0 Å². The number of nitrogens with zero attached hydrogens (tertiary/aromatic N) is 2. The molecule has 0 saturated carbocycles. The highest BCUT2D eigenvalue weighted by atomic mass is 32.2. The van der Waals surface area contributed by atoms with Gasteiger partial charge in [0, 0.05) is 48.9 Å². The maximum absolute atomic E-state index is 14.2. The van der Waals surface area contributed by atoms with Crippen molar-refractivity contribution in [1.82, 2.24) is 20.1 Å². The Bertz CT molecular complexity index is 1670. The lowest BCUT2D eigenvalue weighted by atomic mass is 9.99. The van der Waals surface area contributed by atoms with Crippen LogP contribution in [-0.2, 0) is 16.4 Å². The van der Waals surface area contributed by atoms with E-state index in [2.05, 4.69) is 10.1 Å². The molecule has 266 valence electrons. The first-order chi connectivity index (χ1) is 23.3. The Hall–Kier alpha value is -4.24. The second kappa shape index (κ2) is 18.5. The van der Waals surface area contributed by atoms with E-state index in [9.17, 15) is 36.7 Å². The van der Waals surface area contributed by atoms with Crippen LogP contribution in [0.5, 0.6) is 0 Å². The molecule has 3 aromatic rings. The van der Waals surface area contributed by atoms with Gasteiger partial charge in [-0.15, -0.1) is 4.83 Å². The van der Waals surface area contributed by atoms with Gasteiger partial charge in [0.2, 0.25) is 5.91 Å². The van der Waals surface area contributed by atoms with E-state index < -0.39 is 51.5 Å². The average Bonchev–Trinajstić information content (AvgIpc) is 3.06. The topological polar surface area (TPSA) is 162 Å². The number of primary amides is 1. The zero-order valence-electron chi connectivity index (χ0n) is 28.0. The predicted molar refractivity (Wildman–Crippen MR) is 182 cm³/mol. The summed E-state index contributed by atoms with van der Waals surface area (Å²) in [6.45, 7) is 6.54. The third-order valence-electron chi connectivity index (χ3n) is 7.65. The van der Waals surface area contributed by atoms with E-state index in [1.165, 1.54) is 35.3 Å². The highest BCUT2D eigenvalue weighted by molar-refractivity contribution is 7.89. The normalized spacial score (nSPS) is 12.8. The molecule has 3 aromatic carbocycles. The summed E-state index contributed by atoms with van der Waals surface area (Å²) in [5.74, 6) is -3.80. The van der Waals surface area contributed by atoms with Crippen LogP contribution in [0.3, 0.4) is 0 Å². The van der Waals surface area contributed by atoms with E-state index in [4.69, 9.17) is 5.73 Å². The summed E-state index contributed by atoms with van der Waals surface area (Å²) < 4.78 is 54.6. The fourth-order valence-electron chi connectivity index (χ4n) is 5.28. The van der Waals surface area contributed by atoms with Gasteiger partial charge in [-0.25, -0.2) is 22.2 Å². The number of rotatable bonds is 19. The predicted octanol–water partition coefficient (Wildman–Crippen LogP) is 4.02. The molecule has 2 unspecified atom stereocenters. The van der Waals surface area contributed by atoms with Gasteiger partial charge in [-0.2, -0.15) is 0 Å². The number of aliphatic hydroxyl groups excluding tert-OH is 1. The molecule has 3 rings (SSSR count). The maximum Gasteiger partial charge on any atom is 0.253 e. The average molecular weight is 702 g/mol. The number of benzene rings is 3. The van der Waals surface area contributed by atoms with Crippen LogP contribution < -0.4 is 15.9 Å². The quantitative estimate of drug-likeness (QED) is 0.137. The molecule has 0 radical (unpaired) electrons. The van der Waals surface area contributed by atoms with Gasteiger partial charge in [0.15, 0.2) is 0 Å². The van der Waals surface area contributed by atoms with Gasteiger partial charge in [-0.1, -0.05) is 45.4 Å². The highest BCUT2D eigenvalue weighted by Crippen LogP contribution is 2.17. The zero-order valence-corrected chi connectivity index (χ0v) is 28.8. The van der Waals surface area contributed by atoms with Crippen LogP contribution in [0.1, 0.15) is 83.1 Å². The summed E-state index contributed by atoms with van der Waals surface area (Å²) in [4.78, 5) is 43.5. The van der Waals surface area contributed by atoms with Crippen LogP contribution in [-0.4, -0.2) is 79.5 Å². The number of carbonyl (C=O) groups excluding carboxylic acids is 3. The van der Waals surface area contributed by atoms with Gasteiger partial charge >= 0.3 is 0 Å². The van der Waals surface area contributed by atoms with Crippen LogP contribution in [0, 0.1) is 11.6 Å². The number of halogens is 2. The number of unbranched alkanes of at least 4 members (excludes halogenated alkanes) is 1. The summed E-state index contributed by atoms with van der Waals surface area (Å²) in [5, 5.41) is 15.5. The largest absolute Gasteiger partial charge is 0.390 e. The van der Waals surface area contributed by atoms with Gasteiger partial charge in [-0.05, 0) is 73.7 Å². The van der Waals surface area contributed by atoms with Crippen molar-refractivity contribution in [3.8, 4) is 0 Å². The van der Waals surface area contributed by atoms with Crippen molar-refractivity contribution < 1.29 is 36.7 Å². The SMILES string of the molecule is CCCCN(CC(O)C(Cc1cc(F)cc(F)c1)NC(=O)c1cc(C(N)=O)cc(C(=O)N(CCC)CCC)c1)NS(=O)(=O)c1ccccc1. The molecular weight excluding hydrogens is 656 g/mol. The molecule has 0 fully saturated rings. The van der Waals surface area contributed by atoms with Crippen molar-refractivity contribution in [2.45, 2.75) is 69.9 Å². The first kappa shape index (κ1) is 39.2. The van der Waals surface area contributed by atoms with Crippen LogP contribution in [0.15, 0.2) is 71.6 Å². The second-order valence-electron chi connectivity index (χ2n) is 11.8. The third-order valence-corrected chi connectivity index (χ3v) is 9.04. The number of nitrogens with two attached hydrogens (primary N) is 1. The van der Waals surface area contributed by atoms with Gasteiger partial charge in [-0.3, -0.25) is 14.4 Å². The van der Waals surface area contributed by atoms with Crippen molar-refractivity contribution >= 4 is 27.7 Å². The van der Waals surface area contributed by atoms with E-state index in [0.717, 1.165) is 12.1 Å². The Morgan fingerprint density at radius 3 is 2.00 bits per heavy atom. The molecule has 0 aliphatic carbocycles. The monoisotopic (exact) mass is 701 g/mol. The van der Waals surface area contributed by atoms with E-state index in [1.54, 1.807) is 23.1 Å². The lowest BCUT2D eigenvalue weighted by Gasteiger charge is -2.30.